The number of aliphatic hydroxyl groups excluding tert-OH is 1. The molecule has 0 aromatic carbocycles. The van der Waals surface area contributed by atoms with Crippen LogP contribution >= 0.6 is 0 Å². The van der Waals surface area contributed by atoms with E-state index in [1.54, 1.807) is 0 Å². The molecular formula is C12H24O2. The summed E-state index contributed by atoms with van der Waals surface area (Å²) >= 11 is 0. The number of rotatable bonds is 5. The summed E-state index contributed by atoms with van der Waals surface area (Å²) in [5.41, 5.74) is 0. The van der Waals surface area contributed by atoms with E-state index in [0.29, 0.717) is 11.8 Å². The maximum atomic E-state index is 10.0. The van der Waals surface area contributed by atoms with Crippen molar-refractivity contribution in [3.8, 4) is 0 Å². The van der Waals surface area contributed by atoms with Crippen molar-refractivity contribution in [2.45, 2.75) is 58.7 Å². The Labute approximate surface area is 87.7 Å². The molecule has 0 amide bonds. The molecule has 0 aromatic heterocycles. The second-order valence-corrected chi connectivity index (χ2v) is 4.59. The van der Waals surface area contributed by atoms with Gasteiger partial charge in [-0.15, -0.1) is 0 Å². The lowest BCUT2D eigenvalue weighted by atomic mass is 9.90. The lowest BCUT2D eigenvalue weighted by Gasteiger charge is -2.24. The molecule has 84 valence electrons. The zero-order valence-corrected chi connectivity index (χ0v) is 9.70. The second-order valence-electron chi connectivity index (χ2n) is 4.59. The SMILES string of the molecule is CCC(CC)CC(O)C1OCCC1C. The van der Waals surface area contributed by atoms with Crippen molar-refractivity contribution < 1.29 is 9.84 Å². The summed E-state index contributed by atoms with van der Waals surface area (Å²) in [4.78, 5) is 0. The average Bonchev–Trinajstić information content (AvgIpc) is 2.60. The van der Waals surface area contributed by atoms with Crippen LogP contribution in [0.2, 0.25) is 0 Å². The molecule has 14 heavy (non-hydrogen) atoms. The van der Waals surface area contributed by atoms with Crippen LogP contribution in [-0.2, 0) is 4.74 Å². The van der Waals surface area contributed by atoms with Crippen molar-refractivity contribution in [2.24, 2.45) is 11.8 Å². The van der Waals surface area contributed by atoms with Crippen LogP contribution in [0, 0.1) is 11.8 Å². The predicted octanol–water partition coefficient (Wildman–Crippen LogP) is 2.60. The molecule has 1 rings (SSSR count). The molecule has 3 atom stereocenters. The van der Waals surface area contributed by atoms with E-state index in [1.165, 1.54) is 0 Å². The Balaban J connectivity index is 2.36. The van der Waals surface area contributed by atoms with Gasteiger partial charge in [0.1, 0.15) is 0 Å². The van der Waals surface area contributed by atoms with Crippen molar-refractivity contribution in [3.63, 3.8) is 0 Å². The van der Waals surface area contributed by atoms with Gasteiger partial charge in [0, 0.05) is 6.61 Å². The molecule has 0 bridgehead atoms. The van der Waals surface area contributed by atoms with E-state index >= 15 is 0 Å². The summed E-state index contributed by atoms with van der Waals surface area (Å²) in [7, 11) is 0. The predicted molar refractivity (Wildman–Crippen MR) is 58.2 cm³/mol. The van der Waals surface area contributed by atoms with Gasteiger partial charge in [0.25, 0.3) is 0 Å². The van der Waals surface area contributed by atoms with E-state index < -0.39 is 0 Å². The van der Waals surface area contributed by atoms with Crippen LogP contribution in [0.5, 0.6) is 0 Å². The molecular weight excluding hydrogens is 176 g/mol. The molecule has 0 radical (unpaired) electrons. The fraction of sp³-hybridized carbons (Fsp3) is 1.00. The number of hydrogen-bond donors (Lipinski definition) is 1. The topological polar surface area (TPSA) is 29.5 Å². The summed E-state index contributed by atoms with van der Waals surface area (Å²) in [5, 5.41) is 10.0. The van der Waals surface area contributed by atoms with Gasteiger partial charge in [-0.2, -0.15) is 0 Å². The van der Waals surface area contributed by atoms with Crippen LogP contribution < -0.4 is 0 Å². The minimum atomic E-state index is -0.252. The van der Waals surface area contributed by atoms with Crippen molar-refractivity contribution in [1.82, 2.24) is 0 Å². The summed E-state index contributed by atoms with van der Waals surface area (Å²) in [5.74, 6) is 1.18. The highest BCUT2D eigenvalue weighted by Crippen LogP contribution is 2.27. The van der Waals surface area contributed by atoms with Crippen molar-refractivity contribution in [1.29, 1.82) is 0 Å². The largest absolute Gasteiger partial charge is 0.390 e. The van der Waals surface area contributed by atoms with Gasteiger partial charge in [-0.3, -0.25) is 0 Å². The van der Waals surface area contributed by atoms with E-state index in [-0.39, 0.29) is 12.2 Å². The number of hydrogen-bond acceptors (Lipinski definition) is 2. The third kappa shape index (κ3) is 2.96. The first-order valence-corrected chi connectivity index (χ1v) is 5.98. The van der Waals surface area contributed by atoms with Crippen molar-refractivity contribution in [2.75, 3.05) is 6.61 Å². The quantitative estimate of drug-likeness (QED) is 0.739. The Morgan fingerprint density at radius 1 is 1.36 bits per heavy atom. The van der Waals surface area contributed by atoms with Crippen molar-refractivity contribution in [3.05, 3.63) is 0 Å². The van der Waals surface area contributed by atoms with E-state index in [9.17, 15) is 5.11 Å². The highest BCUT2D eigenvalue weighted by Gasteiger charge is 2.31. The van der Waals surface area contributed by atoms with Crippen LogP contribution in [0.15, 0.2) is 0 Å². The third-order valence-corrected chi connectivity index (χ3v) is 3.55. The monoisotopic (exact) mass is 200 g/mol. The summed E-state index contributed by atoms with van der Waals surface area (Å²) in [6, 6.07) is 0. The highest BCUT2D eigenvalue weighted by atomic mass is 16.5. The van der Waals surface area contributed by atoms with Crippen LogP contribution in [0.4, 0.5) is 0 Å². The van der Waals surface area contributed by atoms with E-state index in [1.807, 2.05) is 0 Å². The van der Waals surface area contributed by atoms with Gasteiger partial charge in [-0.05, 0) is 24.7 Å². The van der Waals surface area contributed by atoms with Crippen LogP contribution in [0.25, 0.3) is 0 Å². The molecule has 1 fully saturated rings. The molecule has 2 heteroatoms. The Kier molecular flexibility index (Phi) is 4.90. The van der Waals surface area contributed by atoms with E-state index in [4.69, 9.17) is 4.74 Å². The normalized spacial score (nSPS) is 29.8. The Morgan fingerprint density at radius 3 is 2.43 bits per heavy atom. The van der Waals surface area contributed by atoms with Gasteiger partial charge in [-0.1, -0.05) is 33.6 Å². The zero-order valence-electron chi connectivity index (χ0n) is 9.70. The van der Waals surface area contributed by atoms with Crippen molar-refractivity contribution >= 4 is 0 Å². The minimum Gasteiger partial charge on any atom is -0.390 e. The Morgan fingerprint density at radius 2 is 2.00 bits per heavy atom. The van der Waals surface area contributed by atoms with Gasteiger partial charge in [0.05, 0.1) is 12.2 Å². The highest BCUT2D eigenvalue weighted by molar-refractivity contribution is 4.80. The molecule has 1 saturated heterocycles. The molecule has 0 spiro atoms. The summed E-state index contributed by atoms with van der Waals surface area (Å²) in [6.45, 7) is 7.39. The fourth-order valence-electron chi connectivity index (χ4n) is 2.31. The molecule has 0 aromatic rings. The summed E-state index contributed by atoms with van der Waals surface area (Å²) < 4.78 is 5.57. The number of ether oxygens (including phenoxy) is 1. The first kappa shape index (κ1) is 12.0. The number of aliphatic hydroxyl groups is 1. The average molecular weight is 200 g/mol. The molecule has 2 nitrogen and oxygen atoms in total. The smallest absolute Gasteiger partial charge is 0.0860 e. The van der Waals surface area contributed by atoms with Gasteiger partial charge in [-0.25, -0.2) is 0 Å². The lowest BCUT2D eigenvalue weighted by Crippen LogP contribution is -2.31. The van der Waals surface area contributed by atoms with E-state index in [0.717, 1.165) is 32.3 Å². The maximum absolute atomic E-state index is 10.0. The first-order valence-electron chi connectivity index (χ1n) is 5.98. The van der Waals surface area contributed by atoms with E-state index in [2.05, 4.69) is 20.8 Å². The van der Waals surface area contributed by atoms with Crippen LogP contribution in [-0.4, -0.2) is 23.9 Å². The van der Waals surface area contributed by atoms with Crippen LogP contribution in [0.1, 0.15) is 46.5 Å². The molecule has 0 saturated carbocycles. The van der Waals surface area contributed by atoms with Gasteiger partial charge in [0.15, 0.2) is 0 Å². The fourth-order valence-corrected chi connectivity index (χ4v) is 2.31. The Hall–Kier alpha value is -0.0800. The minimum absolute atomic E-state index is 0.0931. The standard InChI is InChI=1S/C12H24O2/c1-4-10(5-2)8-11(13)12-9(3)6-7-14-12/h9-13H,4-8H2,1-3H3. The van der Waals surface area contributed by atoms with Crippen LogP contribution in [0.3, 0.4) is 0 Å². The summed E-state index contributed by atoms with van der Waals surface area (Å²) in [6.07, 6.45) is 4.17. The maximum Gasteiger partial charge on any atom is 0.0860 e. The lowest BCUT2D eigenvalue weighted by molar-refractivity contribution is -0.0277. The molecule has 1 aliphatic rings. The molecule has 0 aliphatic carbocycles. The zero-order chi connectivity index (χ0) is 10.6. The molecule has 1 aliphatic heterocycles. The molecule has 3 unspecified atom stereocenters. The van der Waals surface area contributed by atoms with Gasteiger partial charge in [0.2, 0.25) is 0 Å². The molecule has 1 N–H and O–H groups in total. The van der Waals surface area contributed by atoms with Gasteiger partial charge >= 0.3 is 0 Å². The second kappa shape index (κ2) is 5.72. The van der Waals surface area contributed by atoms with Gasteiger partial charge < -0.3 is 9.84 Å². The first-order chi connectivity index (χ1) is 6.69. The third-order valence-electron chi connectivity index (χ3n) is 3.55. The Bertz CT molecular complexity index is 154. The molecule has 1 heterocycles.